The Kier molecular flexibility index (Phi) is 3.72. The van der Waals surface area contributed by atoms with E-state index in [9.17, 15) is 0 Å². The van der Waals surface area contributed by atoms with Crippen LogP contribution in [0.3, 0.4) is 0 Å². The van der Waals surface area contributed by atoms with Gasteiger partial charge in [-0.3, -0.25) is 0 Å². The van der Waals surface area contributed by atoms with Crippen molar-refractivity contribution in [3.05, 3.63) is 69.7 Å². The van der Waals surface area contributed by atoms with E-state index in [0.29, 0.717) is 12.0 Å². The molecule has 0 amide bonds. The van der Waals surface area contributed by atoms with E-state index < -0.39 is 0 Å². The Morgan fingerprint density at radius 2 is 1.89 bits per heavy atom. The average Bonchev–Trinajstić information content (AvgIpc) is 2.40. The minimum atomic E-state index is 0.404. The van der Waals surface area contributed by atoms with Crippen LogP contribution in [0.15, 0.2) is 53.0 Å². The van der Waals surface area contributed by atoms with E-state index >= 15 is 0 Å². The second kappa shape index (κ2) is 5.48. The van der Waals surface area contributed by atoms with Gasteiger partial charge in [0.25, 0.3) is 0 Å². The third kappa shape index (κ3) is 2.75. The maximum atomic E-state index is 3.65. The molecule has 1 aliphatic rings. The Morgan fingerprint density at radius 3 is 2.63 bits per heavy atom. The molecule has 19 heavy (non-hydrogen) atoms. The zero-order chi connectivity index (χ0) is 13.2. The molecule has 1 N–H and O–H groups in total. The fraction of sp³-hybridized carbons (Fsp3) is 0.294. The van der Waals surface area contributed by atoms with Gasteiger partial charge in [-0.25, -0.2) is 0 Å². The van der Waals surface area contributed by atoms with E-state index in [1.807, 2.05) is 0 Å². The number of hydrogen-bond donors (Lipinski definition) is 1. The summed E-state index contributed by atoms with van der Waals surface area (Å²) >= 11 is 3.47. The zero-order valence-electron chi connectivity index (χ0n) is 11.1. The van der Waals surface area contributed by atoms with Gasteiger partial charge in [-0.15, -0.1) is 0 Å². The van der Waals surface area contributed by atoms with Crippen molar-refractivity contribution in [2.45, 2.75) is 25.3 Å². The fourth-order valence-corrected chi connectivity index (χ4v) is 3.00. The quantitative estimate of drug-likeness (QED) is 0.879. The second-order valence-corrected chi connectivity index (χ2v) is 6.20. The van der Waals surface area contributed by atoms with Crippen LogP contribution in [0.4, 0.5) is 0 Å². The van der Waals surface area contributed by atoms with Gasteiger partial charge in [-0.1, -0.05) is 52.3 Å². The topological polar surface area (TPSA) is 12.0 Å². The van der Waals surface area contributed by atoms with Crippen LogP contribution in [0.25, 0.3) is 0 Å². The molecule has 0 heterocycles. The number of hydrogen-bond acceptors (Lipinski definition) is 1. The predicted molar refractivity (Wildman–Crippen MR) is 83.4 cm³/mol. The summed E-state index contributed by atoms with van der Waals surface area (Å²) in [6.45, 7) is 3.29. The Balaban J connectivity index is 1.57. The molecule has 2 atom stereocenters. The Hall–Kier alpha value is -1.12. The van der Waals surface area contributed by atoms with Gasteiger partial charge in [0, 0.05) is 23.0 Å². The summed E-state index contributed by atoms with van der Waals surface area (Å²) < 4.78 is 1.14. The highest BCUT2D eigenvalue weighted by Gasteiger charge is 2.25. The first-order chi connectivity index (χ1) is 9.24. The molecule has 2 heteroatoms. The summed E-state index contributed by atoms with van der Waals surface area (Å²) in [7, 11) is 0. The summed E-state index contributed by atoms with van der Waals surface area (Å²) in [5, 5.41) is 3.65. The number of halogens is 1. The first-order valence-electron chi connectivity index (χ1n) is 6.80. The maximum absolute atomic E-state index is 3.65. The number of rotatable bonds is 4. The fourth-order valence-electron chi connectivity index (χ4n) is 2.73. The highest BCUT2D eigenvalue weighted by Crippen LogP contribution is 2.34. The standard InChI is InChI=1S/C17H18BrN/c1-12(13-6-8-16(18)9-7-13)19-11-15-10-14-4-2-3-5-17(14)15/h2-9,12,15,19H,10-11H2,1H3/t12-,15?/m0/s1. The van der Waals surface area contributed by atoms with Crippen molar-refractivity contribution in [3.8, 4) is 0 Å². The molecule has 0 bridgehead atoms. The minimum absolute atomic E-state index is 0.404. The Morgan fingerprint density at radius 1 is 1.16 bits per heavy atom. The van der Waals surface area contributed by atoms with Gasteiger partial charge >= 0.3 is 0 Å². The minimum Gasteiger partial charge on any atom is -0.310 e. The molecule has 3 rings (SSSR count). The molecule has 98 valence electrons. The molecule has 0 aromatic heterocycles. The van der Waals surface area contributed by atoms with Gasteiger partial charge in [0.15, 0.2) is 0 Å². The number of nitrogens with one attached hydrogen (secondary N) is 1. The van der Waals surface area contributed by atoms with Crippen LogP contribution < -0.4 is 5.32 Å². The van der Waals surface area contributed by atoms with Crippen molar-refractivity contribution in [2.24, 2.45) is 0 Å². The smallest absolute Gasteiger partial charge is 0.0292 e. The number of fused-ring (bicyclic) bond motifs is 1. The van der Waals surface area contributed by atoms with Crippen LogP contribution in [0.2, 0.25) is 0 Å². The third-order valence-corrected chi connectivity index (χ3v) is 4.53. The zero-order valence-corrected chi connectivity index (χ0v) is 12.7. The van der Waals surface area contributed by atoms with Gasteiger partial charge in [0.2, 0.25) is 0 Å². The molecule has 2 aromatic carbocycles. The number of benzene rings is 2. The van der Waals surface area contributed by atoms with Gasteiger partial charge in [0.05, 0.1) is 0 Å². The monoisotopic (exact) mass is 315 g/mol. The maximum Gasteiger partial charge on any atom is 0.0292 e. The molecule has 0 aliphatic heterocycles. The lowest BCUT2D eigenvalue weighted by molar-refractivity contribution is 0.489. The van der Waals surface area contributed by atoms with Crippen LogP contribution in [0.5, 0.6) is 0 Å². The van der Waals surface area contributed by atoms with Crippen molar-refractivity contribution < 1.29 is 0 Å². The molecule has 0 saturated carbocycles. The Bertz CT molecular complexity index is 562. The second-order valence-electron chi connectivity index (χ2n) is 5.28. The van der Waals surface area contributed by atoms with Crippen molar-refractivity contribution in [1.29, 1.82) is 0 Å². The molecule has 0 fully saturated rings. The van der Waals surface area contributed by atoms with Gasteiger partial charge in [-0.2, -0.15) is 0 Å². The molecule has 1 nitrogen and oxygen atoms in total. The molecule has 0 radical (unpaired) electrons. The molecule has 1 aliphatic carbocycles. The normalized spacial score (nSPS) is 18.5. The average molecular weight is 316 g/mol. The van der Waals surface area contributed by atoms with Gasteiger partial charge in [-0.05, 0) is 42.2 Å². The first kappa shape index (κ1) is 12.9. The van der Waals surface area contributed by atoms with Crippen LogP contribution in [-0.4, -0.2) is 6.54 Å². The SMILES string of the molecule is C[C@H](NCC1Cc2ccccc21)c1ccc(Br)cc1. The molecule has 0 saturated heterocycles. The third-order valence-electron chi connectivity index (χ3n) is 4.00. The summed E-state index contributed by atoms with van der Waals surface area (Å²) in [5.74, 6) is 0.689. The van der Waals surface area contributed by atoms with Crippen LogP contribution in [0, 0.1) is 0 Å². The Labute approximate surface area is 123 Å². The van der Waals surface area contributed by atoms with E-state index in [4.69, 9.17) is 0 Å². The van der Waals surface area contributed by atoms with Gasteiger partial charge in [0.1, 0.15) is 0 Å². The van der Waals surface area contributed by atoms with Crippen molar-refractivity contribution in [1.82, 2.24) is 5.32 Å². The van der Waals surface area contributed by atoms with Crippen molar-refractivity contribution >= 4 is 15.9 Å². The summed E-state index contributed by atoms with van der Waals surface area (Å²) in [4.78, 5) is 0. The van der Waals surface area contributed by atoms with E-state index in [-0.39, 0.29) is 0 Å². The largest absolute Gasteiger partial charge is 0.310 e. The van der Waals surface area contributed by atoms with Crippen LogP contribution in [0.1, 0.15) is 35.6 Å². The summed E-state index contributed by atoms with van der Waals surface area (Å²) in [6, 6.07) is 17.7. The lowest BCUT2D eigenvalue weighted by Crippen LogP contribution is -2.30. The molecular formula is C17H18BrN. The van der Waals surface area contributed by atoms with E-state index in [0.717, 1.165) is 11.0 Å². The summed E-state index contributed by atoms with van der Waals surface area (Å²) in [5.41, 5.74) is 4.39. The van der Waals surface area contributed by atoms with Crippen molar-refractivity contribution in [3.63, 3.8) is 0 Å². The van der Waals surface area contributed by atoms with Crippen LogP contribution in [-0.2, 0) is 6.42 Å². The predicted octanol–water partition coefficient (Wildman–Crippen LogP) is 4.44. The summed E-state index contributed by atoms with van der Waals surface area (Å²) in [6.07, 6.45) is 1.22. The van der Waals surface area contributed by atoms with Crippen LogP contribution >= 0.6 is 15.9 Å². The highest BCUT2D eigenvalue weighted by atomic mass is 79.9. The van der Waals surface area contributed by atoms with Gasteiger partial charge < -0.3 is 5.32 Å². The highest BCUT2D eigenvalue weighted by molar-refractivity contribution is 9.10. The first-order valence-corrected chi connectivity index (χ1v) is 7.60. The molecule has 2 aromatic rings. The molecule has 1 unspecified atom stereocenters. The molecular weight excluding hydrogens is 298 g/mol. The lowest BCUT2D eigenvalue weighted by atomic mass is 9.77. The van der Waals surface area contributed by atoms with E-state index in [1.54, 1.807) is 0 Å². The lowest BCUT2D eigenvalue weighted by Gasteiger charge is -2.31. The van der Waals surface area contributed by atoms with E-state index in [2.05, 4.69) is 76.7 Å². The van der Waals surface area contributed by atoms with Crippen molar-refractivity contribution in [2.75, 3.05) is 6.54 Å². The van der Waals surface area contributed by atoms with E-state index in [1.165, 1.54) is 23.1 Å². The molecule has 0 spiro atoms.